The van der Waals surface area contributed by atoms with E-state index in [1.165, 1.54) is 12.1 Å². The molecule has 5 nitrogen and oxygen atoms in total. The second-order valence-electron chi connectivity index (χ2n) is 4.10. The smallest absolute Gasteiger partial charge is 0.311 e. The molecule has 0 aliphatic heterocycles. The molecule has 0 aromatic heterocycles. The Bertz CT molecular complexity index is 652. The van der Waals surface area contributed by atoms with Crippen LogP contribution in [0.25, 0.3) is 0 Å². The molecule has 0 amide bonds. The Kier molecular flexibility index (Phi) is 4.10. The largest absolute Gasteiger partial charge is 0.449 e. The molecule has 0 fully saturated rings. The summed E-state index contributed by atoms with van der Waals surface area (Å²) in [4.78, 5) is 22.3. The predicted molar refractivity (Wildman–Crippen MR) is 74.2 cm³/mol. The van der Waals surface area contributed by atoms with E-state index in [9.17, 15) is 14.9 Å². The SMILES string of the molecule is CCC(=O)c1ccccc1Oc1ccccc1[N+](=O)[O-]. The highest BCUT2D eigenvalue weighted by Gasteiger charge is 2.17. The van der Waals surface area contributed by atoms with Gasteiger partial charge >= 0.3 is 5.69 Å². The Balaban J connectivity index is 2.41. The Morgan fingerprint density at radius 3 is 2.35 bits per heavy atom. The lowest BCUT2D eigenvalue weighted by molar-refractivity contribution is -0.385. The molecule has 0 N–H and O–H groups in total. The fourth-order valence-electron chi connectivity index (χ4n) is 1.79. The summed E-state index contributed by atoms with van der Waals surface area (Å²) >= 11 is 0. The first-order valence-electron chi connectivity index (χ1n) is 6.17. The van der Waals surface area contributed by atoms with Crippen molar-refractivity contribution in [3.8, 4) is 11.5 Å². The van der Waals surface area contributed by atoms with Crippen molar-refractivity contribution >= 4 is 11.5 Å². The van der Waals surface area contributed by atoms with E-state index in [1.807, 2.05) is 0 Å². The molecule has 0 heterocycles. The monoisotopic (exact) mass is 271 g/mol. The average molecular weight is 271 g/mol. The predicted octanol–water partition coefficient (Wildman–Crippen LogP) is 3.98. The molecule has 20 heavy (non-hydrogen) atoms. The number of benzene rings is 2. The zero-order valence-electron chi connectivity index (χ0n) is 10.9. The Hall–Kier alpha value is -2.69. The molecular formula is C15H13NO4. The Labute approximate surface area is 116 Å². The fraction of sp³-hybridized carbons (Fsp3) is 0.133. The molecule has 0 unspecified atom stereocenters. The van der Waals surface area contributed by atoms with Gasteiger partial charge in [0.25, 0.3) is 0 Å². The summed E-state index contributed by atoms with van der Waals surface area (Å²) in [5.41, 5.74) is 0.291. The summed E-state index contributed by atoms with van der Waals surface area (Å²) in [6, 6.07) is 12.8. The first-order chi connectivity index (χ1) is 9.63. The normalized spacial score (nSPS) is 10.1. The second kappa shape index (κ2) is 5.97. The van der Waals surface area contributed by atoms with E-state index in [0.717, 1.165) is 0 Å². The number of hydrogen-bond donors (Lipinski definition) is 0. The lowest BCUT2D eigenvalue weighted by atomic mass is 10.1. The third kappa shape index (κ3) is 2.83. The summed E-state index contributed by atoms with van der Waals surface area (Å²) in [5, 5.41) is 10.9. The maximum absolute atomic E-state index is 11.8. The molecule has 0 spiro atoms. The van der Waals surface area contributed by atoms with Gasteiger partial charge in [-0.15, -0.1) is 0 Å². The summed E-state index contributed by atoms with van der Waals surface area (Å²) in [6.07, 6.45) is 0.345. The van der Waals surface area contributed by atoms with Crippen LogP contribution in [0.1, 0.15) is 23.7 Å². The number of nitro groups is 1. The summed E-state index contributed by atoms with van der Waals surface area (Å²) < 4.78 is 5.56. The number of Topliss-reactive ketones (excluding diaryl/α,β-unsaturated/α-hetero) is 1. The number of hydrogen-bond acceptors (Lipinski definition) is 4. The molecule has 2 rings (SSSR count). The van der Waals surface area contributed by atoms with E-state index in [1.54, 1.807) is 43.3 Å². The van der Waals surface area contributed by atoms with Gasteiger partial charge in [-0.1, -0.05) is 31.2 Å². The molecular weight excluding hydrogens is 258 g/mol. The number of nitrogens with zero attached hydrogens (tertiary/aromatic N) is 1. The van der Waals surface area contributed by atoms with Gasteiger partial charge < -0.3 is 4.74 Å². The van der Waals surface area contributed by atoms with Gasteiger partial charge in [-0.25, -0.2) is 0 Å². The molecule has 0 radical (unpaired) electrons. The third-order valence-electron chi connectivity index (χ3n) is 2.79. The maximum atomic E-state index is 11.8. The minimum absolute atomic E-state index is 0.0702. The molecule has 0 aliphatic rings. The van der Waals surface area contributed by atoms with Crippen LogP contribution < -0.4 is 4.74 Å². The highest BCUT2D eigenvalue weighted by molar-refractivity contribution is 5.98. The van der Waals surface area contributed by atoms with E-state index in [0.29, 0.717) is 17.7 Å². The lowest BCUT2D eigenvalue weighted by Gasteiger charge is -2.09. The van der Waals surface area contributed by atoms with Crippen LogP contribution >= 0.6 is 0 Å². The number of carbonyl (C=O) groups is 1. The highest BCUT2D eigenvalue weighted by atomic mass is 16.6. The quantitative estimate of drug-likeness (QED) is 0.468. The number of ketones is 1. The van der Waals surface area contributed by atoms with Crippen LogP contribution in [0.4, 0.5) is 5.69 Å². The molecule has 102 valence electrons. The van der Waals surface area contributed by atoms with Crippen molar-refractivity contribution in [1.29, 1.82) is 0 Å². The van der Waals surface area contributed by atoms with Crippen molar-refractivity contribution in [1.82, 2.24) is 0 Å². The van der Waals surface area contributed by atoms with Crippen LogP contribution in [-0.4, -0.2) is 10.7 Å². The van der Waals surface area contributed by atoms with E-state index in [2.05, 4.69) is 0 Å². The van der Waals surface area contributed by atoms with Crippen molar-refractivity contribution in [3.05, 3.63) is 64.2 Å². The van der Waals surface area contributed by atoms with E-state index in [4.69, 9.17) is 4.74 Å². The van der Waals surface area contributed by atoms with Crippen LogP contribution in [0.15, 0.2) is 48.5 Å². The van der Waals surface area contributed by atoms with Gasteiger partial charge in [-0.05, 0) is 18.2 Å². The standard InChI is InChI=1S/C15H13NO4/c1-2-13(17)11-7-3-5-9-14(11)20-15-10-6-4-8-12(15)16(18)19/h3-10H,2H2,1H3. The van der Waals surface area contributed by atoms with Crippen LogP contribution in [0.5, 0.6) is 11.5 Å². The Morgan fingerprint density at radius 1 is 1.10 bits per heavy atom. The zero-order chi connectivity index (χ0) is 14.5. The molecule has 0 bridgehead atoms. The number of ether oxygens (including phenoxy) is 1. The Morgan fingerprint density at radius 2 is 1.70 bits per heavy atom. The zero-order valence-corrected chi connectivity index (χ0v) is 10.9. The maximum Gasteiger partial charge on any atom is 0.311 e. The van der Waals surface area contributed by atoms with Crippen LogP contribution in [-0.2, 0) is 0 Å². The van der Waals surface area contributed by atoms with E-state index in [-0.39, 0.29) is 17.2 Å². The molecule has 0 atom stereocenters. The van der Waals surface area contributed by atoms with Crippen LogP contribution in [0.2, 0.25) is 0 Å². The first kappa shape index (κ1) is 13.7. The average Bonchev–Trinajstić information content (AvgIpc) is 2.47. The minimum Gasteiger partial charge on any atom is -0.449 e. The van der Waals surface area contributed by atoms with Gasteiger partial charge in [0.15, 0.2) is 5.78 Å². The molecule has 0 saturated carbocycles. The topological polar surface area (TPSA) is 69.4 Å². The fourth-order valence-corrected chi connectivity index (χ4v) is 1.79. The molecule has 0 saturated heterocycles. The summed E-state index contributed by atoms with van der Waals surface area (Å²) in [5.74, 6) is 0.377. The van der Waals surface area contributed by atoms with Crippen LogP contribution in [0, 0.1) is 10.1 Å². The molecule has 0 aliphatic carbocycles. The van der Waals surface area contributed by atoms with E-state index < -0.39 is 4.92 Å². The molecule has 5 heteroatoms. The van der Waals surface area contributed by atoms with Crippen molar-refractivity contribution < 1.29 is 14.5 Å². The van der Waals surface area contributed by atoms with Gasteiger partial charge in [0.2, 0.25) is 5.75 Å². The highest BCUT2D eigenvalue weighted by Crippen LogP contribution is 2.32. The van der Waals surface area contributed by atoms with Crippen molar-refractivity contribution in [2.75, 3.05) is 0 Å². The third-order valence-corrected chi connectivity index (χ3v) is 2.79. The minimum atomic E-state index is -0.514. The van der Waals surface area contributed by atoms with Gasteiger partial charge in [0, 0.05) is 12.5 Å². The van der Waals surface area contributed by atoms with E-state index >= 15 is 0 Å². The summed E-state index contributed by atoms with van der Waals surface area (Å²) in [6.45, 7) is 1.75. The lowest BCUT2D eigenvalue weighted by Crippen LogP contribution is -2.01. The number of carbonyl (C=O) groups excluding carboxylic acids is 1. The van der Waals surface area contributed by atoms with Crippen molar-refractivity contribution in [2.24, 2.45) is 0 Å². The number of para-hydroxylation sites is 3. The van der Waals surface area contributed by atoms with Crippen LogP contribution in [0.3, 0.4) is 0 Å². The number of rotatable bonds is 5. The van der Waals surface area contributed by atoms with Gasteiger partial charge in [-0.2, -0.15) is 0 Å². The number of nitro benzene ring substituents is 1. The molecule has 2 aromatic carbocycles. The molecule has 2 aromatic rings. The summed E-state index contributed by atoms with van der Waals surface area (Å²) in [7, 11) is 0. The van der Waals surface area contributed by atoms with Crippen molar-refractivity contribution in [2.45, 2.75) is 13.3 Å². The first-order valence-corrected chi connectivity index (χ1v) is 6.17. The van der Waals surface area contributed by atoms with Gasteiger partial charge in [0.1, 0.15) is 5.75 Å². The van der Waals surface area contributed by atoms with Gasteiger partial charge in [0.05, 0.1) is 10.5 Å². The van der Waals surface area contributed by atoms with Crippen molar-refractivity contribution in [3.63, 3.8) is 0 Å². The van der Waals surface area contributed by atoms with Gasteiger partial charge in [-0.3, -0.25) is 14.9 Å². The second-order valence-corrected chi connectivity index (χ2v) is 4.10.